The van der Waals surface area contributed by atoms with Crippen LogP contribution in [-0.2, 0) is 6.54 Å². The van der Waals surface area contributed by atoms with Crippen molar-refractivity contribution in [1.29, 1.82) is 0 Å². The molecule has 0 saturated heterocycles. The molecule has 0 amide bonds. The summed E-state index contributed by atoms with van der Waals surface area (Å²) in [5.41, 5.74) is 10.8. The van der Waals surface area contributed by atoms with Gasteiger partial charge in [-0.1, -0.05) is 23.8 Å². The van der Waals surface area contributed by atoms with Gasteiger partial charge in [-0.3, -0.25) is 0 Å². The van der Waals surface area contributed by atoms with Crippen molar-refractivity contribution in [3.63, 3.8) is 0 Å². The predicted octanol–water partition coefficient (Wildman–Crippen LogP) is 2.91. The summed E-state index contributed by atoms with van der Waals surface area (Å²) in [6.45, 7) is 5.04. The standard InChI is InChI=1S/C17H22N4/c1-11-3-4-12(2)14(5-11)9-19-17-8-16(20-10-21-17)13-6-15(18)7-13/h3-5,8,10,13,15H,6-7,9,18H2,1-2H3,(H,19,20,21). The van der Waals surface area contributed by atoms with Gasteiger partial charge in [-0.25, -0.2) is 9.97 Å². The first-order valence-electron chi connectivity index (χ1n) is 7.49. The lowest BCUT2D eigenvalue weighted by atomic mass is 9.79. The summed E-state index contributed by atoms with van der Waals surface area (Å²) in [5.74, 6) is 1.39. The highest BCUT2D eigenvalue weighted by Crippen LogP contribution is 2.34. The Balaban J connectivity index is 1.68. The molecule has 0 atom stereocenters. The van der Waals surface area contributed by atoms with Crippen molar-refractivity contribution >= 4 is 5.82 Å². The summed E-state index contributed by atoms with van der Waals surface area (Å²) < 4.78 is 0. The fourth-order valence-corrected chi connectivity index (χ4v) is 2.77. The number of benzene rings is 1. The van der Waals surface area contributed by atoms with Gasteiger partial charge in [0, 0.05) is 30.3 Å². The van der Waals surface area contributed by atoms with Crippen molar-refractivity contribution in [2.24, 2.45) is 5.73 Å². The van der Waals surface area contributed by atoms with Crippen LogP contribution < -0.4 is 11.1 Å². The van der Waals surface area contributed by atoms with Gasteiger partial charge in [-0.05, 0) is 37.8 Å². The van der Waals surface area contributed by atoms with Crippen LogP contribution in [0.1, 0.15) is 41.1 Å². The van der Waals surface area contributed by atoms with Gasteiger partial charge >= 0.3 is 0 Å². The molecule has 1 fully saturated rings. The summed E-state index contributed by atoms with van der Waals surface area (Å²) in [6.07, 6.45) is 3.71. The van der Waals surface area contributed by atoms with Gasteiger partial charge in [-0.15, -0.1) is 0 Å². The van der Waals surface area contributed by atoms with Crippen molar-refractivity contribution in [3.8, 4) is 0 Å². The van der Waals surface area contributed by atoms with Crippen molar-refractivity contribution in [2.75, 3.05) is 5.32 Å². The molecule has 0 unspecified atom stereocenters. The summed E-state index contributed by atoms with van der Waals surface area (Å²) in [4.78, 5) is 8.69. The van der Waals surface area contributed by atoms with Crippen LogP contribution in [0.15, 0.2) is 30.6 Å². The van der Waals surface area contributed by atoms with E-state index in [1.54, 1.807) is 6.33 Å². The molecule has 110 valence electrons. The molecule has 0 aliphatic heterocycles. The Labute approximate surface area is 125 Å². The quantitative estimate of drug-likeness (QED) is 0.905. The van der Waals surface area contributed by atoms with Crippen LogP contribution in [-0.4, -0.2) is 16.0 Å². The molecule has 0 spiro atoms. The lowest BCUT2D eigenvalue weighted by Crippen LogP contribution is -2.35. The molecule has 0 radical (unpaired) electrons. The van der Waals surface area contributed by atoms with E-state index < -0.39 is 0 Å². The Kier molecular flexibility index (Phi) is 3.88. The van der Waals surface area contributed by atoms with Gasteiger partial charge in [0.1, 0.15) is 12.1 Å². The number of nitrogens with two attached hydrogens (primary N) is 1. The maximum Gasteiger partial charge on any atom is 0.129 e. The Morgan fingerprint density at radius 2 is 2.00 bits per heavy atom. The Bertz CT molecular complexity index is 632. The number of aryl methyl sites for hydroxylation is 2. The number of nitrogens with zero attached hydrogens (tertiary/aromatic N) is 2. The molecule has 4 nitrogen and oxygen atoms in total. The third-order valence-corrected chi connectivity index (χ3v) is 4.25. The molecule has 1 aliphatic rings. The third kappa shape index (κ3) is 3.22. The van der Waals surface area contributed by atoms with E-state index >= 15 is 0 Å². The topological polar surface area (TPSA) is 63.8 Å². The van der Waals surface area contributed by atoms with Crippen molar-refractivity contribution in [1.82, 2.24) is 9.97 Å². The van der Waals surface area contributed by atoms with E-state index in [2.05, 4.69) is 53.4 Å². The lowest BCUT2D eigenvalue weighted by molar-refractivity contribution is 0.345. The maximum atomic E-state index is 5.85. The van der Waals surface area contributed by atoms with Gasteiger partial charge in [0.2, 0.25) is 0 Å². The summed E-state index contributed by atoms with van der Waals surface area (Å²) in [7, 11) is 0. The number of aromatic nitrogens is 2. The number of rotatable bonds is 4. The van der Waals surface area contributed by atoms with Gasteiger partial charge < -0.3 is 11.1 Å². The zero-order valence-corrected chi connectivity index (χ0v) is 12.6. The first-order valence-corrected chi connectivity index (χ1v) is 7.49. The molecule has 0 bridgehead atoms. The van der Waals surface area contributed by atoms with E-state index in [0.717, 1.165) is 30.9 Å². The third-order valence-electron chi connectivity index (χ3n) is 4.25. The average molecular weight is 282 g/mol. The van der Waals surface area contributed by atoms with Crippen molar-refractivity contribution < 1.29 is 0 Å². The van der Waals surface area contributed by atoms with Gasteiger partial charge in [0.25, 0.3) is 0 Å². The van der Waals surface area contributed by atoms with E-state index in [-0.39, 0.29) is 0 Å². The largest absolute Gasteiger partial charge is 0.366 e. The summed E-state index contributed by atoms with van der Waals surface area (Å²) >= 11 is 0. The smallest absolute Gasteiger partial charge is 0.129 e. The Morgan fingerprint density at radius 1 is 1.19 bits per heavy atom. The summed E-state index contributed by atoms with van der Waals surface area (Å²) in [6, 6.07) is 8.92. The van der Waals surface area contributed by atoms with Crippen LogP contribution in [0.4, 0.5) is 5.82 Å². The van der Waals surface area contributed by atoms with E-state index in [4.69, 9.17) is 5.73 Å². The lowest BCUT2D eigenvalue weighted by Gasteiger charge is -2.31. The number of anilines is 1. The Hall–Kier alpha value is -1.94. The van der Waals surface area contributed by atoms with Crippen LogP contribution in [0.2, 0.25) is 0 Å². The second kappa shape index (κ2) is 5.82. The minimum Gasteiger partial charge on any atom is -0.366 e. The molecule has 1 aliphatic carbocycles. The van der Waals surface area contributed by atoms with Crippen LogP contribution >= 0.6 is 0 Å². The van der Waals surface area contributed by atoms with Crippen LogP contribution in [0.3, 0.4) is 0 Å². The van der Waals surface area contributed by atoms with Crippen LogP contribution in [0, 0.1) is 13.8 Å². The summed E-state index contributed by atoms with van der Waals surface area (Å²) in [5, 5.41) is 3.40. The maximum absolute atomic E-state index is 5.85. The monoisotopic (exact) mass is 282 g/mol. The average Bonchev–Trinajstić information content (AvgIpc) is 2.45. The molecular weight excluding hydrogens is 260 g/mol. The molecule has 1 heterocycles. The number of hydrogen-bond acceptors (Lipinski definition) is 4. The first-order chi connectivity index (χ1) is 10.1. The van der Waals surface area contributed by atoms with Gasteiger partial charge in [-0.2, -0.15) is 0 Å². The van der Waals surface area contributed by atoms with Crippen molar-refractivity contribution in [3.05, 3.63) is 53.0 Å². The van der Waals surface area contributed by atoms with Gasteiger partial charge in [0.15, 0.2) is 0 Å². The molecule has 1 saturated carbocycles. The number of nitrogens with one attached hydrogen (secondary N) is 1. The Morgan fingerprint density at radius 3 is 2.76 bits per heavy atom. The fraction of sp³-hybridized carbons (Fsp3) is 0.412. The van der Waals surface area contributed by atoms with E-state index in [1.165, 1.54) is 16.7 Å². The van der Waals surface area contributed by atoms with E-state index in [1.807, 2.05) is 0 Å². The first kappa shape index (κ1) is 14.0. The van der Waals surface area contributed by atoms with Crippen LogP contribution in [0.5, 0.6) is 0 Å². The minimum atomic E-state index is 0.344. The highest BCUT2D eigenvalue weighted by Gasteiger charge is 2.28. The SMILES string of the molecule is Cc1ccc(C)c(CNc2cc(C3CC(N)C3)ncn2)c1. The molecule has 21 heavy (non-hydrogen) atoms. The zero-order valence-electron chi connectivity index (χ0n) is 12.6. The molecule has 1 aromatic heterocycles. The highest BCUT2D eigenvalue weighted by atomic mass is 15.0. The molecule has 3 rings (SSSR count). The highest BCUT2D eigenvalue weighted by molar-refractivity contribution is 5.39. The minimum absolute atomic E-state index is 0.344. The fourth-order valence-electron chi connectivity index (χ4n) is 2.77. The van der Waals surface area contributed by atoms with Gasteiger partial charge in [0.05, 0.1) is 0 Å². The zero-order chi connectivity index (χ0) is 14.8. The van der Waals surface area contributed by atoms with E-state index in [9.17, 15) is 0 Å². The number of hydrogen-bond donors (Lipinski definition) is 2. The van der Waals surface area contributed by atoms with Crippen LogP contribution in [0.25, 0.3) is 0 Å². The molecule has 2 aromatic rings. The predicted molar refractivity (Wildman–Crippen MR) is 85.2 cm³/mol. The second-order valence-corrected chi connectivity index (χ2v) is 6.04. The molecule has 1 aromatic carbocycles. The normalized spacial score (nSPS) is 20.9. The molecule has 4 heteroatoms. The molecular formula is C17H22N4. The van der Waals surface area contributed by atoms with E-state index in [0.29, 0.717) is 12.0 Å². The van der Waals surface area contributed by atoms with Crippen molar-refractivity contribution in [2.45, 2.75) is 45.2 Å². The molecule has 3 N–H and O–H groups in total. The second-order valence-electron chi connectivity index (χ2n) is 6.04.